The number of rotatable bonds is 4. The molecule has 0 bridgehead atoms. The van der Waals surface area contributed by atoms with Gasteiger partial charge in [0.2, 0.25) is 0 Å². The molecule has 0 fully saturated rings. The molecule has 1 heterocycles. The second-order valence-electron chi connectivity index (χ2n) is 3.77. The van der Waals surface area contributed by atoms with Crippen LogP contribution in [-0.4, -0.2) is 9.91 Å². The van der Waals surface area contributed by atoms with Gasteiger partial charge in [0.1, 0.15) is 12.4 Å². The van der Waals surface area contributed by atoms with Gasteiger partial charge in [-0.25, -0.2) is 0 Å². The summed E-state index contributed by atoms with van der Waals surface area (Å²) in [6, 6.07) is 5.81. The molecule has 1 aromatic carbocycles. The van der Waals surface area contributed by atoms with Crippen molar-refractivity contribution in [2.75, 3.05) is 5.73 Å². The number of pyridine rings is 1. The minimum Gasteiger partial charge on any atom is -0.487 e. The number of benzene rings is 1. The van der Waals surface area contributed by atoms with Crippen molar-refractivity contribution < 1.29 is 9.66 Å². The highest BCUT2D eigenvalue weighted by atomic mass is 35.5. The molecule has 0 aliphatic rings. The van der Waals surface area contributed by atoms with Crippen molar-refractivity contribution in [3.63, 3.8) is 0 Å². The summed E-state index contributed by atoms with van der Waals surface area (Å²) in [6.45, 7) is 0.107. The standard InChI is InChI=1S/C12H10ClN3O3/c13-9-4-11(6-15-5-9)19-7-8-3-10(16(17)18)1-2-12(8)14/h1-6H,7,14H2. The van der Waals surface area contributed by atoms with Crippen LogP contribution >= 0.6 is 11.6 Å². The molecular weight excluding hydrogens is 270 g/mol. The van der Waals surface area contributed by atoms with E-state index in [0.29, 0.717) is 22.0 Å². The molecule has 0 aliphatic carbocycles. The van der Waals surface area contributed by atoms with E-state index in [1.165, 1.54) is 30.6 Å². The third-order valence-electron chi connectivity index (χ3n) is 2.41. The van der Waals surface area contributed by atoms with E-state index < -0.39 is 4.92 Å². The first-order valence-electron chi connectivity index (χ1n) is 5.32. The molecule has 7 heteroatoms. The summed E-state index contributed by atoms with van der Waals surface area (Å²) >= 11 is 5.77. The molecule has 0 atom stereocenters. The fraction of sp³-hybridized carbons (Fsp3) is 0.0833. The van der Waals surface area contributed by atoms with Gasteiger partial charge in [0, 0.05) is 35.6 Å². The van der Waals surface area contributed by atoms with Crippen LogP contribution in [0.2, 0.25) is 5.02 Å². The third-order valence-corrected chi connectivity index (χ3v) is 2.62. The maximum Gasteiger partial charge on any atom is 0.269 e. The lowest BCUT2D eigenvalue weighted by Gasteiger charge is -2.08. The molecular formula is C12H10ClN3O3. The van der Waals surface area contributed by atoms with Gasteiger partial charge in [-0.2, -0.15) is 0 Å². The molecule has 0 saturated heterocycles. The number of nitro groups is 1. The van der Waals surface area contributed by atoms with E-state index in [0.717, 1.165) is 0 Å². The Morgan fingerprint density at radius 1 is 1.37 bits per heavy atom. The number of nitrogens with zero attached hydrogens (tertiary/aromatic N) is 2. The number of hydrogen-bond acceptors (Lipinski definition) is 5. The Labute approximate surface area is 113 Å². The van der Waals surface area contributed by atoms with Crippen molar-refractivity contribution in [1.29, 1.82) is 0 Å². The first-order chi connectivity index (χ1) is 9.06. The molecule has 2 aromatic rings. The van der Waals surface area contributed by atoms with E-state index >= 15 is 0 Å². The molecule has 0 unspecified atom stereocenters. The highest BCUT2D eigenvalue weighted by Gasteiger charge is 2.09. The van der Waals surface area contributed by atoms with E-state index in [2.05, 4.69) is 4.98 Å². The number of halogens is 1. The van der Waals surface area contributed by atoms with Crippen molar-refractivity contribution in [2.24, 2.45) is 0 Å². The SMILES string of the molecule is Nc1ccc([N+](=O)[O-])cc1COc1cncc(Cl)c1. The maximum absolute atomic E-state index is 10.7. The number of anilines is 1. The summed E-state index contributed by atoms with van der Waals surface area (Å²) in [4.78, 5) is 14.1. The van der Waals surface area contributed by atoms with Gasteiger partial charge in [-0.1, -0.05) is 11.6 Å². The van der Waals surface area contributed by atoms with Gasteiger partial charge in [0.05, 0.1) is 16.1 Å². The van der Waals surface area contributed by atoms with Gasteiger partial charge in [-0.15, -0.1) is 0 Å². The van der Waals surface area contributed by atoms with Crippen LogP contribution in [0.3, 0.4) is 0 Å². The Bertz CT molecular complexity index is 619. The predicted molar refractivity (Wildman–Crippen MR) is 71.1 cm³/mol. The van der Waals surface area contributed by atoms with Gasteiger partial charge in [0.25, 0.3) is 5.69 Å². The first kappa shape index (κ1) is 13.1. The zero-order chi connectivity index (χ0) is 13.8. The van der Waals surface area contributed by atoms with Crippen LogP contribution in [0.25, 0.3) is 0 Å². The van der Waals surface area contributed by atoms with Gasteiger partial charge >= 0.3 is 0 Å². The average Bonchev–Trinajstić information content (AvgIpc) is 2.37. The monoisotopic (exact) mass is 279 g/mol. The molecule has 2 N–H and O–H groups in total. The Morgan fingerprint density at radius 3 is 2.84 bits per heavy atom. The zero-order valence-electron chi connectivity index (χ0n) is 9.75. The molecule has 0 saturated carbocycles. The van der Waals surface area contributed by atoms with Gasteiger partial charge in [-0.3, -0.25) is 15.1 Å². The molecule has 98 valence electrons. The Hall–Kier alpha value is -2.34. The minimum absolute atomic E-state index is 0.0305. The van der Waals surface area contributed by atoms with Crippen LogP contribution in [0.15, 0.2) is 36.7 Å². The highest BCUT2D eigenvalue weighted by Crippen LogP contribution is 2.22. The topological polar surface area (TPSA) is 91.3 Å². The number of nitro benzene ring substituents is 1. The Morgan fingerprint density at radius 2 is 2.16 bits per heavy atom. The van der Waals surface area contributed by atoms with Crippen molar-refractivity contribution in [3.8, 4) is 5.75 Å². The van der Waals surface area contributed by atoms with Gasteiger partial charge in [-0.05, 0) is 6.07 Å². The van der Waals surface area contributed by atoms with Crippen LogP contribution in [0.4, 0.5) is 11.4 Å². The fourth-order valence-corrected chi connectivity index (χ4v) is 1.63. The molecule has 19 heavy (non-hydrogen) atoms. The number of aromatic nitrogens is 1. The molecule has 0 spiro atoms. The number of ether oxygens (including phenoxy) is 1. The number of nitrogens with two attached hydrogens (primary N) is 1. The summed E-state index contributed by atoms with van der Waals surface area (Å²) in [5.74, 6) is 0.471. The molecule has 0 aliphatic heterocycles. The quantitative estimate of drug-likeness (QED) is 0.528. The lowest BCUT2D eigenvalue weighted by molar-refractivity contribution is -0.384. The number of nitrogen functional groups attached to an aromatic ring is 1. The lowest BCUT2D eigenvalue weighted by Crippen LogP contribution is -2.01. The van der Waals surface area contributed by atoms with Crippen LogP contribution in [0.5, 0.6) is 5.75 Å². The van der Waals surface area contributed by atoms with Crippen LogP contribution in [0.1, 0.15) is 5.56 Å². The van der Waals surface area contributed by atoms with Crippen LogP contribution < -0.4 is 10.5 Å². The van der Waals surface area contributed by atoms with Crippen molar-refractivity contribution in [2.45, 2.75) is 6.61 Å². The average molecular weight is 280 g/mol. The van der Waals surface area contributed by atoms with E-state index in [1.54, 1.807) is 6.07 Å². The second kappa shape index (κ2) is 5.53. The highest BCUT2D eigenvalue weighted by molar-refractivity contribution is 6.30. The maximum atomic E-state index is 10.7. The molecule has 0 amide bonds. The summed E-state index contributed by atoms with van der Waals surface area (Å²) in [5, 5.41) is 11.1. The third kappa shape index (κ3) is 3.32. The smallest absolute Gasteiger partial charge is 0.269 e. The second-order valence-corrected chi connectivity index (χ2v) is 4.20. The minimum atomic E-state index is -0.482. The summed E-state index contributed by atoms with van der Waals surface area (Å²) in [7, 11) is 0. The van der Waals surface area contributed by atoms with Crippen molar-refractivity contribution >= 4 is 23.0 Å². The summed E-state index contributed by atoms with van der Waals surface area (Å²) < 4.78 is 5.44. The van der Waals surface area contributed by atoms with E-state index in [9.17, 15) is 10.1 Å². The molecule has 2 rings (SSSR count). The molecule has 0 radical (unpaired) electrons. The summed E-state index contributed by atoms with van der Waals surface area (Å²) in [6.07, 6.45) is 2.98. The molecule has 1 aromatic heterocycles. The van der Waals surface area contributed by atoms with Gasteiger partial charge < -0.3 is 10.5 Å². The van der Waals surface area contributed by atoms with Crippen molar-refractivity contribution in [3.05, 3.63) is 57.4 Å². The fourth-order valence-electron chi connectivity index (χ4n) is 1.46. The van der Waals surface area contributed by atoms with E-state index in [-0.39, 0.29) is 12.3 Å². The van der Waals surface area contributed by atoms with Gasteiger partial charge in [0.15, 0.2) is 0 Å². The van der Waals surface area contributed by atoms with E-state index in [4.69, 9.17) is 22.1 Å². The lowest BCUT2D eigenvalue weighted by atomic mass is 10.1. The largest absolute Gasteiger partial charge is 0.487 e. The normalized spacial score (nSPS) is 10.2. The van der Waals surface area contributed by atoms with E-state index in [1.807, 2.05) is 0 Å². The first-order valence-corrected chi connectivity index (χ1v) is 5.70. The Kier molecular flexibility index (Phi) is 3.82. The Balaban J connectivity index is 2.15. The van der Waals surface area contributed by atoms with Crippen LogP contribution in [-0.2, 0) is 6.61 Å². The zero-order valence-corrected chi connectivity index (χ0v) is 10.5. The number of hydrogen-bond donors (Lipinski definition) is 1. The summed E-state index contributed by atoms with van der Waals surface area (Å²) in [5.41, 5.74) is 6.68. The number of non-ortho nitro benzene ring substituents is 1. The molecule has 6 nitrogen and oxygen atoms in total. The predicted octanol–water partition coefficient (Wildman–Crippen LogP) is 2.80. The van der Waals surface area contributed by atoms with Crippen molar-refractivity contribution in [1.82, 2.24) is 4.98 Å². The van der Waals surface area contributed by atoms with Crippen LogP contribution in [0, 0.1) is 10.1 Å².